The molecule has 1 aromatic carbocycles. The van der Waals surface area contributed by atoms with Gasteiger partial charge in [0.05, 0.1) is 12.6 Å². The number of likely N-dealkylation sites (N-methyl/N-ethyl adjacent to an activating group) is 1. The summed E-state index contributed by atoms with van der Waals surface area (Å²) in [4.78, 5) is 94.4. The molecule has 0 spiro atoms. The fourth-order valence-electron chi connectivity index (χ4n) is 5.62. The highest BCUT2D eigenvalue weighted by Crippen LogP contribution is 2.32. The number of carbonyl (C=O) groups excluding carboxylic acids is 7. The van der Waals surface area contributed by atoms with Crippen molar-refractivity contribution in [2.24, 2.45) is 17.3 Å². The molecule has 1 heterocycles. The van der Waals surface area contributed by atoms with E-state index in [2.05, 4.69) is 21.3 Å². The van der Waals surface area contributed by atoms with Crippen LogP contribution in [-0.4, -0.2) is 96.3 Å². The number of nitrogens with zero attached hydrogens (tertiary/aromatic N) is 2. The van der Waals surface area contributed by atoms with Gasteiger partial charge in [-0.2, -0.15) is 0 Å². The van der Waals surface area contributed by atoms with Crippen LogP contribution in [0.4, 0.5) is 0 Å². The number of rotatable bonds is 15. The highest BCUT2D eigenvalue weighted by molar-refractivity contribution is 6.38. The molecule has 5 atom stereocenters. The molecule has 4 N–H and O–H groups in total. The second-order valence-corrected chi connectivity index (χ2v) is 14.1. The van der Waals surface area contributed by atoms with Crippen molar-refractivity contribution in [2.75, 3.05) is 27.2 Å². The minimum atomic E-state index is -1.18. The number of amides is 6. The van der Waals surface area contributed by atoms with Crippen molar-refractivity contribution in [1.29, 1.82) is 0 Å². The molecule has 1 aliphatic heterocycles. The van der Waals surface area contributed by atoms with Gasteiger partial charge in [0.15, 0.2) is 0 Å². The Morgan fingerprint density at radius 3 is 2.10 bits per heavy atom. The van der Waals surface area contributed by atoms with Crippen molar-refractivity contribution in [3.05, 3.63) is 35.9 Å². The lowest BCUT2D eigenvalue weighted by Gasteiger charge is -2.35. The smallest absolute Gasteiger partial charge is 0.290 e. The first-order valence-electron chi connectivity index (χ1n) is 16.6. The van der Waals surface area contributed by atoms with Crippen LogP contribution in [0, 0.1) is 17.3 Å². The average molecular weight is 671 g/mol. The summed E-state index contributed by atoms with van der Waals surface area (Å²) in [5.74, 6) is -4.17. The van der Waals surface area contributed by atoms with Gasteiger partial charge in [-0.1, -0.05) is 84.7 Å². The molecule has 0 bridgehead atoms. The fourth-order valence-corrected chi connectivity index (χ4v) is 5.62. The van der Waals surface area contributed by atoms with Crippen LogP contribution in [0.5, 0.6) is 0 Å². The maximum absolute atomic E-state index is 13.8. The number of nitrogens with one attached hydrogen (secondary N) is 4. The Kier molecular flexibility index (Phi) is 14.7. The normalized spacial score (nSPS) is 17.9. The van der Waals surface area contributed by atoms with Gasteiger partial charge in [0.2, 0.25) is 35.3 Å². The van der Waals surface area contributed by atoms with Crippen LogP contribution >= 0.6 is 0 Å². The summed E-state index contributed by atoms with van der Waals surface area (Å²) in [5.41, 5.74) is -0.0794. The largest absolute Gasteiger partial charge is 0.347 e. The molecule has 13 heteroatoms. The number of hydrogen-bond donors (Lipinski definition) is 4. The number of unbranched alkanes of at least 4 members (excludes halogenated alkanes) is 1. The molecule has 6 amide bonds. The SMILES string of the molecule is CCCCC(NC(=O)C1C[C@@H](C(C)C)CN1C(=O)C(NC(C)=O)C(C)(C)C)C(=O)C(=O)NCC(=O)NC(C(=O)N(C)C)c1ccccc1. The molecule has 0 saturated carbocycles. The molecular weight excluding hydrogens is 616 g/mol. The first-order valence-corrected chi connectivity index (χ1v) is 16.6. The molecule has 1 saturated heterocycles. The van der Waals surface area contributed by atoms with Crippen molar-refractivity contribution in [3.63, 3.8) is 0 Å². The van der Waals surface area contributed by atoms with Crippen molar-refractivity contribution >= 4 is 41.2 Å². The summed E-state index contributed by atoms with van der Waals surface area (Å²) in [6.07, 6.45) is 1.77. The van der Waals surface area contributed by atoms with Gasteiger partial charge in [0.1, 0.15) is 18.1 Å². The van der Waals surface area contributed by atoms with Gasteiger partial charge >= 0.3 is 0 Å². The third-order valence-corrected chi connectivity index (χ3v) is 8.56. The van der Waals surface area contributed by atoms with Crippen LogP contribution in [0.15, 0.2) is 30.3 Å². The Morgan fingerprint density at radius 2 is 1.58 bits per heavy atom. The Hall–Kier alpha value is -4.29. The van der Waals surface area contributed by atoms with Crippen molar-refractivity contribution < 1.29 is 33.6 Å². The number of benzene rings is 1. The van der Waals surface area contributed by atoms with Gasteiger partial charge in [-0.25, -0.2) is 0 Å². The predicted octanol–water partition coefficient (Wildman–Crippen LogP) is 1.72. The maximum atomic E-state index is 13.8. The monoisotopic (exact) mass is 670 g/mol. The second kappa shape index (κ2) is 17.7. The molecule has 48 heavy (non-hydrogen) atoms. The molecule has 0 radical (unpaired) electrons. The average Bonchev–Trinajstić information content (AvgIpc) is 3.48. The zero-order chi connectivity index (χ0) is 36.3. The molecule has 1 fully saturated rings. The molecule has 4 unspecified atom stereocenters. The molecular formula is C35H54N6O7. The lowest BCUT2D eigenvalue weighted by atomic mass is 9.85. The maximum Gasteiger partial charge on any atom is 0.290 e. The predicted molar refractivity (Wildman–Crippen MR) is 181 cm³/mol. The number of ketones is 1. The van der Waals surface area contributed by atoms with E-state index in [-0.39, 0.29) is 36.0 Å². The Bertz CT molecular complexity index is 1320. The topological polar surface area (TPSA) is 174 Å². The summed E-state index contributed by atoms with van der Waals surface area (Å²) >= 11 is 0. The quantitative estimate of drug-likeness (QED) is 0.206. The van der Waals surface area contributed by atoms with Gasteiger partial charge in [-0.3, -0.25) is 33.6 Å². The highest BCUT2D eigenvalue weighted by Gasteiger charge is 2.46. The van der Waals surface area contributed by atoms with Gasteiger partial charge in [0, 0.05) is 27.6 Å². The van der Waals surface area contributed by atoms with Crippen LogP contribution in [0.25, 0.3) is 0 Å². The van der Waals surface area contributed by atoms with E-state index in [1.807, 2.05) is 41.5 Å². The van der Waals surface area contributed by atoms with Crippen LogP contribution in [-0.2, 0) is 33.6 Å². The van der Waals surface area contributed by atoms with Crippen LogP contribution in [0.3, 0.4) is 0 Å². The van der Waals surface area contributed by atoms with Gasteiger partial charge < -0.3 is 31.1 Å². The summed E-state index contributed by atoms with van der Waals surface area (Å²) in [6.45, 7) is 12.5. The minimum Gasteiger partial charge on any atom is -0.347 e. The van der Waals surface area contributed by atoms with E-state index < -0.39 is 59.6 Å². The standard InChI is InChI=1S/C35H54N6O7/c1-10-11-17-25(29(44)32(46)36-19-27(43)39-28(33(47)40(8)9)23-15-13-12-14-16-23)38-31(45)26-18-24(21(2)3)20-41(26)34(48)30(35(5,6)7)37-22(4)42/h12-16,21,24-26,28,30H,10-11,17-20H2,1-9H3,(H,36,46)(H,37,42)(H,38,45)(H,39,43)/t24-,25?,26?,28?,30?/m1/s1. The molecule has 13 nitrogen and oxygen atoms in total. The summed E-state index contributed by atoms with van der Waals surface area (Å²) < 4.78 is 0. The van der Waals surface area contributed by atoms with Crippen LogP contribution in [0.2, 0.25) is 0 Å². The minimum absolute atomic E-state index is 0.00772. The van der Waals surface area contributed by atoms with Crippen molar-refractivity contribution in [2.45, 2.75) is 98.3 Å². The summed E-state index contributed by atoms with van der Waals surface area (Å²) in [7, 11) is 3.12. The summed E-state index contributed by atoms with van der Waals surface area (Å²) in [6, 6.07) is 4.68. The molecule has 2 rings (SSSR count). The highest BCUT2D eigenvalue weighted by atomic mass is 16.2. The first kappa shape index (κ1) is 39.9. The third kappa shape index (κ3) is 11.2. The van der Waals surface area contributed by atoms with E-state index in [9.17, 15) is 33.6 Å². The lowest BCUT2D eigenvalue weighted by molar-refractivity contribution is -0.145. The molecule has 1 aromatic rings. The number of carbonyl (C=O) groups is 7. The number of hydrogen-bond acceptors (Lipinski definition) is 7. The fraction of sp³-hybridized carbons (Fsp3) is 0.629. The summed E-state index contributed by atoms with van der Waals surface area (Å²) in [5, 5.41) is 10.4. The van der Waals surface area contributed by atoms with E-state index in [0.717, 1.165) is 0 Å². The zero-order valence-electron chi connectivity index (χ0n) is 29.8. The van der Waals surface area contributed by atoms with E-state index in [0.29, 0.717) is 31.4 Å². The Morgan fingerprint density at radius 1 is 0.958 bits per heavy atom. The lowest BCUT2D eigenvalue weighted by Crippen LogP contribution is -2.59. The Balaban J connectivity index is 2.20. The molecule has 266 valence electrons. The Labute approximate surface area is 284 Å². The third-order valence-electron chi connectivity index (χ3n) is 8.56. The van der Waals surface area contributed by atoms with Crippen molar-refractivity contribution in [1.82, 2.24) is 31.1 Å². The zero-order valence-corrected chi connectivity index (χ0v) is 29.8. The van der Waals surface area contributed by atoms with Gasteiger partial charge in [-0.05, 0) is 35.7 Å². The number of likely N-dealkylation sites (tertiary alicyclic amines) is 1. The van der Waals surface area contributed by atoms with Crippen LogP contribution < -0.4 is 21.3 Å². The van der Waals surface area contributed by atoms with E-state index in [4.69, 9.17) is 0 Å². The first-order chi connectivity index (χ1) is 22.4. The van der Waals surface area contributed by atoms with E-state index in [1.54, 1.807) is 44.4 Å². The van der Waals surface area contributed by atoms with Gasteiger partial charge in [0.25, 0.3) is 5.91 Å². The van der Waals surface area contributed by atoms with Crippen LogP contribution in [0.1, 0.15) is 85.8 Å². The van der Waals surface area contributed by atoms with Gasteiger partial charge in [-0.15, -0.1) is 0 Å². The van der Waals surface area contributed by atoms with E-state index >= 15 is 0 Å². The van der Waals surface area contributed by atoms with E-state index in [1.165, 1.54) is 16.7 Å². The molecule has 0 aromatic heterocycles. The van der Waals surface area contributed by atoms with Crippen molar-refractivity contribution in [3.8, 4) is 0 Å². The molecule has 0 aliphatic carbocycles. The second-order valence-electron chi connectivity index (χ2n) is 14.1. The molecule has 1 aliphatic rings. The number of Topliss-reactive ketones (excluding diaryl/α,β-unsaturated/α-hetero) is 1.